The first-order chi connectivity index (χ1) is 9.67. The van der Waals surface area contributed by atoms with Crippen molar-refractivity contribution in [3.8, 4) is 0 Å². The second-order valence-electron chi connectivity index (χ2n) is 5.16. The van der Waals surface area contributed by atoms with Gasteiger partial charge in [0, 0.05) is 25.6 Å². The molecule has 1 aliphatic rings. The van der Waals surface area contributed by atoms with Crippen LogP contribution in [0.25, 0.3) is 0 Å². The molecule has 1 aliphatic heterocycles. The minimum atomic E-state index is -0.247. The second kappa shape index (κ2) is 9.72. The number of amides is 1. The number of ether oxygens (including phenoxy) is 1. The van der Waals surface area contributed by atoms with Gasteiger partial charge in [0.15, 0.2) is 0 Å². The van der Waals surface area contributed by atoms with E-state index in [0.717, 1.165) is 32.2 Å². The van der Waals surface area contributed by atoms with E-state index in [-0.39, 0.29) is 18.5 Å². The molecule has 0 aromatic heterocycles. The van der Waals surface area contributed by atoms with E-state index in [0.29, 0.717) is 32.0 Å². The highest BCUT2D eigenvalue weighted by molar-refractivity contribution is 5.78. The van der Waals surface area contributed by atoms with Gasteiger partial charge in [-0.15, -0.1) is 0 Å². The average Bonchev–Trinajstić information content (AvgIpc) is 2.88. The first kappa shape index (κ1) is 16.9. The van der Waals surface area contributed by atoms with Crippen LogP contribution in [0.3, 0.4) is 0 Å². The normalized spacial score (nSPS) is 19.0. The van der Waals surface area contributed by atoms with Crippen molar-refractivity contribution in [1.82, 2.24) is 10.2 Å². The molecule has 0 radical (unpaired) electrons. The monoisotopic (exact) mass is 286 g/mol. The Kier molecular flexibility index (Phi) is 8.22. The molecular weight excluding hydrogens is 260 g/mol. The van der Waals surface area contributed by atoms with E-state index in [4.69, 9.17) is 5.11 Å². The lowest BCUT2D eigenvalue weighted by atomic mass is 10.1. The maximum atomic E-state index is 11.8. The molecule has 0 aromatic carbocycles. The van der Waals surface area contributed by atoms with Gasteiger partial charge in [-0.25, -0.2) is 0 Å². The van der Waals surface area contributed by atoms with Crippen molar-refractivity contribution in [3.63, 3.8) is 0 Å². The summed E-state index contributed by atoms with van der Waals surface area (Å²) in [7, 11) is 1.36. The Labute approximate surface area is 120 Å². The molecule has 1 unspecified atom stereocenters. The van der Waals surface area contributed by atoms with Gasteiger partial charge in [-0.3, -0.25) is 14.5 Å². The highest BCUT2D eigenvalue weighted by Gasteiger charge is 2.25. The average molecular weight is 286 g/mol. The number of hydrogen-bond acceptors (Lipinski definition) is 5. The number of esters is 1. The largest absolute Gasteiger partial charge is 0.469 e. The van der Waals surface area contributed by atoms with E-state index in [1.54, 1.807) is 0 Å². The number of hydrogen-bond donors (Lipinski definition) is 2. The van der Waals surface area contributed by atoms with Crippen LogP contribution >= 0.6 is 0 Å². The Morgan fingerprint density at radius 3 is 2.90 bits per heavy atom. The number of rotatable bonds is 9. The molecule has 1 amide bonds. The molecular formula is C14H26N2O4. The number of aliphatic hydroxyl groups is 1. The Hall–Kier alpha value is -1.14. The van der Waals surface area contributed by atoms with Gasteiger partial charge in [-0.2, -0.15) is 0 Å². The maximum absolute atomic E-state index is 11.8. The summed E-state index contributed by atoms with van der Waals surface area (Å²) in [5, 5.41) is 11.7. The van der Waals surface area contributed by atoms with Gasteiger partial charge in [0.1, 0.15) is 0 Å². The first-order valence-electron chi connectivity index (χ1n) is 7.35. The second-order valence-corrected chi connectivity index (χ2v) is 5.16. The van der Waals surface area contributed by atoms with Crippen LogP contribution in [0.15, 0.2) is 0 Å². The molecule has 1 heterocycles. The molecule has 6 heteroatoms. The van der Waals surface area contributed by atoms with E-state index < -0.39 is 0 Å². The zero-order valence-electron chi connectivity index (χ0n) is 12.3. The van der Waals surface area contributed by atoms with Crippen molar-refractivity contribution in [1.29, 1.82) is 0 Å². The van der Waals surface area contributed by atoms with Crippen LogP contribution in [-0.2, 0) is 14.3 Å². The lowest BCUT2D eigenvalue weighted by Crippen LogP contribution is -2.40. The number of methoxy groups -OCH3 is 1. The van der Waals surface area contributed by atoms with Gasteiger partial charge in [0.2, 0.25) is 5.91 Å². The summed E-state index contributed by atoms with van der Waals surface area (Å²) in [6.07, 6.45) is 4.90. The smallest absolute Gasteiger partial charge is 0.305 e. The van der Waals surface area contributed by atoms with E-state index >= 15 is 0 Å². The van der Waals surface area contributed by atoms with E-state index in [2.05, 4.69) is 15.0 Å². The Balaban J connectivity index is 2.16. The number of nitrogens with one attached hydrogen (secondary N) is 1. The molecule has 0 bridgehead atoms. The molecule has 0 aromatic rings. The molecule has 1 saturated heterocycles. The summed E-state index contributed by atoms with van der Waals surface area (Å²) < 4.78 is 4.54. The van der Waals surface area contributed by atoms with E-state index in [1.807, 2.05) is 0 Å². The number of carbonyl (C=O) groups excluding carboxylic acids is 2. The van der Waals surface area contributed by atoms with Crippen molar-refractivity contribution in [3.05, 3.63) is 0 Å². The summed E-state index contributed by atoms with van der Waals surface area (Å²) in [6.45, 7) is 2.08. The van der Waals surface area contributed by atoms with Crippen LogP contribution in [0.5, 0.6) is 0 Å². The van der Waals surface area contributed by atoms with Crippen LogP contribution in [0, 0.1) is 0 Å². The van der Waals surface area contributed by atoms with Crippen LogP contribution < -0.4 is 5.32 Å². The number of likely N-dealkylation sites (tertiary alicyclic amines) is 1. The number of aliphatic hydroxyl groups excluding tert-OH is 1. The predicted octanol–water partition coefficient (Wildman–Crippen LogP) is 0.293. The third-order valence-electron chi connectivity index (χ3n) is 3.65. The zero-order valence-corrected chi connectivity index (χ0v) is 12.3. The molecule has 1 fully saturated rings. The van der Waals surface area contributed by atoms with Crippen LogP contribution in [0.1, 0.15) is 38.5 Å². The zero-order chi connectivity index (χ0) is 14.8. The molecule has 6 nitrogen and oxygen atoms in total. The molecule has 1 rings (SSSR count). The molecule has 1 atom stereocenters. The van der Waals surface area contributed by atoms with E-state index in [1.165, 1.54) is 7.11 Å². The SMILES string of the molecule is COC(=O)CCCNC(=O)CN1CCCC1CCCO. The summed E-state index contributed by atoms with van der Waals surface area (Å²) in [4.78, 5) is 24.9. The molecule has 0 spiro atoms. The van der Waals surface area contributed by atoms with Gasteiger partial charge in [-0.05, 0) is 38.6 Å². The molecule has 20 heavy (non-hydrogen) atoms. The Morgan fingerprint density at radius 2 is 2.20 bits per heavy atom. The minimum Gasteiger partial charge on any atom is -0.469 e. The van der Waals surface area contributed by atoms with Crippen LogP contribution in [0.2, 0.25) is 0 Å². The van der Waals surface area contributed by atoms with Gasteiger partial charge in [0.25, 0.3) is 0 Å². The van der Waals surface area contributed by atoms with Crippen molar-refractivity contribution < 1.29 is 19.4 Å². The molecule has 2 N–H and O–H groups in total. The third-order valence-corrected chi connectivity index (χ3v) is 3.65. The first-order valence-corrected chi connectivity index (χ1v) is 7.35. The lowest BCUT2D eigenvalue weighted by Gasteiger charge is -2.23. The standard InChI is InChI=1S/C14H26N2O4/c1-20-14(19)7-2-8-15-13(18)11-16-9-3-5-12(16)6-4-10-17/h12,17H,2-11H2,1H3,(H,15,18). The summed E-state index contributed by atoms with van der Waals surface area (Å²) >= 11 is 0. The third kappa shape index (κ3) is 6.34. The minimum absolute atomic E-state index is 0.00534. The van der Waals surface area contributed by atoms with E-state index in [9.17, 15) is 9.59 Å². The van der Waals surface area contributed by atoms with Gasteiger partial charge in [-0.1, -0.05) is 0 Å². The van der Waals surface area contributed by atoms with Crippen LogP contribution in [0.4, 0.5) is 0 Å². The van der Waals surface area contributed by atoms with Crippen molar-refractivity contribution in [2.24, 2.45) is 0 Å². The fourth-order valence-electron chi connectivity index (χ4n) is 2.56. The molecule has 0 aliphatic carbocycles. The van der Waals surface area contributed by atoms with Crippen molar-refractivity contribution in [2.45, 2.75) is 44.6 Å². The highest BCUT2D eigenvalue weighted by atomic mass is 16.5. The van der Waals surface area contributed by atoms with Crippen molar-refractivity contribution >= 4 is 11.9 Å². The Bertz CT molecular complexity index is 310. The fourth-order valence-corrected chi connectivity index (χ4v) is 2.56. The molecule has 0 saturated carbocycles. The highest BCUT2D eigenvalue weighted by Crippen LogP contribution is 2.20. The van der Waals surface area contributed by atoms with Gasteiger partial charge in [0.05, 0.1) is 13.7 Å². The summed E-state index contributed by atoms with van der Waals surface area (Å²) in [5.74, 6) is -0.242. The fraction of sp³-hybridized carbons (Fsp3) is 0.857. The van der Waals surface area contributed by atoms with Gasteiger partial charge < -0.3 is 15.2 Å². The molecule has 116 valence electrons. The Morgan fingerprint density at radius 1 is 1.40 bits per heavy atom. The summed E-state index contributed by atoms with van der Waals surface area (Å²) in [5.41, 5.74) is 0. The van der Waals surface area contributed by atoms with Crippen LogP contribution in [-0.4, -0.2) is 61.3 Å². The quantitative estimate of drug-likeness (QED) is 0.470. The number of nitrogens with zero attached hydrogens (tertiary/aromatic N) is 1. The predicted molar refractivity (Wildman–Crippen MR) is 75.2 cm³/mol. The van der Waals surface area contributed by atoms with Crippen molar-refractivity contribution in [2.75, 3.05) is 33.4 Å². The topological polar surface area (TPSA) is 78.9 Å². The van der Waals surface area contributed by atoms with Gasteiger partial charge >= 0.3 is 5.97 Å². The maximum Gasteiger partial charge on any atom is 0.305 e. The summed E-state index contributed by atoms with van der Waals surface area (Å²) in [6, 6.07) is 0.419. The lowest BCUT2D eigenvalue weighted by molar-refractivity contribution is -0.140. The number of carbonyl (C=O) groups is 2.